The molecule has 0 aromatic heterocycles. The molecule has 1 aliphatic rings. The molecule has 2 amide bonds. The van der Waals surface area contributed by atoms with Gasteiger partial charge in [0.1, 0.15) is 0 Å². The van der Waals surface area contributed by atoms with E-state index in [1.165, 1.54) is 0 Å². The summed E-state index contributed by atoms with van der Waals surface area (Å²) >= 11 is 0. The number of halogens is 1. The summed E-state index contributed by atoms with van der Waals surface area (Å²) in [6, 6.07) is 0. The monoisotopic (exact) mass is 277 g/mol. The maximum absolute atomic E-state index is 12.2. The molecule has 0 aromatic rings. The Balaban J connectivity index is 0.00000289. The quantitative estimate of drug-likeness (QED) is 0.732. The van der Waals surface area contributed by atoms with E-state index >= 15 is 0 Å². The van der Waals surface area contributed by atoms with E-state index < -0.39 is 0 Å². The Labute approximate surface area is 115 Å². The zero-order valence-corrected chi connectivity index (χ0v) is 12.2. The lowest BCUT2D eigenvalue weighted by Crippen LogP contribution is -2.51. The summed E-state index contributed by atoms with van der Waals surface area (Å²) in [5.41, 5.74) is 0. The SMILES string of the molecule is CCCN(CC(=O)NC)C(=O)C(C)C1CNC1.Cl. The van der Waals surface area contributed by atoms with Gasteiger partial charge in [-0.2, -0.15) is 0 Å². The zero-order valence-electron chi connectivity index (χ0n) is 11.4. The van der Waals surface area contributed by atoms with Crippen molar-refractivity contribution in [1.29, 1.82) is 0 Å². The van der Waals surface area contributed by atoms with Gasteiger partial charge in [0.2, 0.25) is 11.8 Å². The van der Waals surface area contributed by atoms with Crippen LogP contribution in [-0.2, 0) is 9.59 Å². The van der Waals surface area contributed by atoms with E-state index in [1.54, 1.807) is 11.9 Å². The van der Waals surface area contributed by atoms with Gasteiger partial charge in [0, 0.05) is 19.5 Å². The molecule has 1 rings (SSSR count). The summed E-state index contributed by atoms with van der Waals surface area (Å²) in [7, 11) is 1.59. The standard InChI is InChI=1S/C12H23N3O2.ClH/c1-4-5-15(8-11(16)13-3)12(17)9(2)10-6-14-7-10;/h9-10,14H,4-8H2,1-3H3,(H,13,16);1H. The largest absolute Gasteiger partial charge is 0.358 e. The Morgan fingerprint density at radius 1 is 1.44 bits per heavy atom. The van der Waals surface area contributed by atoms with Crippen molar-refractivity contribution in [2.75, 3.05) is 33.2 Å². The van der Waals surface area contributed by atoms with Crippen molar-refractivity contribution in [3.05, 3.63) is 0 Å². The lowest BCUT2D eigenvalue weighted by Gasteiger charge is -2.34. The fourth-order valence-corrected chi connectivity index (χ4v) is 1.94. The minimum atomic E-state index is -0.106. The third-order valence-corrected chi connectivity index (χ3v) is 3.33. The van der Waals surface area contributed by atoms with Crippen molar-refractivity contribution in [3.8, 4) is 0 Å². The van der Waals surface area contributed by atoms with Gasteiger partial charge in [0.15, 0.2) is 0 Å². The number of carbonyl (C=O) groups is 2. The van der Waals surface area contributed by atoms with Crippen LogP contribution in [0, 0.1) is 11.8 Å². The van der Waals surface area contributed by atoms with E-state index in [1.807, 2.05) is 13.8 Å². The Morgan fingerprint density at radius 3 is 2.44 bits per heavy atom. The number of nitrogens with zero attached hydrogens (tertiary/aromatic N) is 1. The predicted molar refractivity (Wildman–Crippen MR) is 73.7 cm³/mol. The first-order valence-electron chi connectivity index (χ1n) is 6.30. The lowest BCUT2D eigenvalue weighted by atomic mass is 9.88. The van der Waals surface area contributed by atoms with Gasteiger partial charge in [-0.15, -0.1) is 12.4 Å². The first kappa shape index (κ1) is 17.2. The minimum Gasteiger partial charge on any atom is -0.358 e. The van der Waals surface area contributed by atoms with E-state index in [9.17, 15) is 9.59 Å². The van der Waals surface area contributed by atoms with Crippen molar-refractivity contribution < 1.29 is 9.59 Å². The van der Waals surface area contributed by atoms with Gasteiger partial charge < -0.3 is 15.5 Å². The smallest absolute Gasteiger partial charge is 0.239 e. The van der Waals surface area contributed by atoms with Crippen molar-refractivity contribution in [2.45, 2.75) is 20.3 Å². The Hall–Kier alpha value is -0.810. The topological polar surface area (TPSA) is 61.4 Å². The second kappa shape index (κ2) is 8.32. The first-order chi connectivity index (χ1) is 8.10. The fourth-order valence-electron chi connectivity index (χ4n) is 1.94. The summed E-state index contributed by atoms with van der Waals surface area (Å²) in [5.74, 6) is 0.423. The molecule has 1 atom stereocenters. The second-order valence-electron chi connectivity index (χ2n) is 4.64. The van der Waals surface area contributed by atoms with E-state index in [2.05, 4.69) is 10.6 Å². The van der Waals surface area contributed by atoms with Gasteiger partial charge in [-0.3, -0.25) is 9.59 Å². The molecule has 0 spiro atoms. The molecule has 6 heteroatoms. The van der Waals surface area contributed by atoms with Crippen LogP contribution in [0.5, 0.6) is 0 Å². The molecule has 1 saturated heterocycles. The van der Waals surface area contributed by atoms with Crippen LogP contribution in [0.1, 0.15) is 20.3 Å². The highest BCUT2D eigenvalue weighted by atomic mass is 35.5. The average Bonchev–Trinajstić information content (AvgIpc) is 2.24. The average molecular weight is 278 g/mol. The van der Waals surface area contributed by atoms with E-state index in [4.69, 9.17) is 0 Å². The normalized spacial score (nSPS) is 16.2. The molecule has 2 N–H and O–H groups in total. The summed E-state index contributed by atoms with van der Waals surface area (Å²) in [6.07, 6.45) is 0.873. The second-order valence-corrected chi connectivity index (χ2v) is 4.64. The van der Waals surface area contributed by atoms with Crippen LogP contribution in [-0.4, -0.2) is 49.9 Å². The Morgan fingerprint density at radius 2 is 2.06 bits per heavy atom. The molecule has 18 heavy (non-hydrogen) atoms. The van der Waals surface area contributed by atoms with Crippen LogP contribution < -0.4 is 10.6 Å². The summed E-state index contributed by atoms with van der Waals surface area (Å²) < 4.78 is 0. The highest BCUT2D eigenvalue weighted by Gasteiger charge is 2.31. The molecule has 1 heterocycles. The number of nitrogens with one attached hydrogen (secondary N) is 2. The first-order valence-corrected chi connectivity index (χ1v) is 6.30. The van der Waals surface area contributed by atoms with Gasteiger partial charge in [-0.1, -0.05) is 13.8 Å². The van der Waals surface area contributed by atoms with Gasteiger partial charge in [-0.05, 0) is 25.4 Å². The highest BCUT2D eigenvalue weighted by molar-refractivity contribution is 5.86. The molecule has 0 saturated carbocycles. The van der Waals surface area contributed by atoms with Crippen LogP contribution in [0.4, 0.5) is 0 Å². The van der Waals surface area contributed by atoms with Crippen molar-refractivity contribution in [3.63, 3.8) is 0 Å². The minimum absolute atomic E-state index is 0. The Kier molecular flexibility index (Phi) is 7.95. The number of rotatable bonds is 6. The highest BCUT2D eigenvalue weighted by Crippen LogP contribution is 2.18. The van der Waals surface area contributed by atoms with Crippen LogP contribution >= 0.6 is 12.4 Å². The number of amides is 2. The molecular weight excluding hydrogens is 254 g/mol. The third-order valence-electron chi connectivity index (χ3n) is 3.33. The summed E-state index contributed by atoms with van der Waals surface area (Å²) in [6.45, 7) is 6.62. The lowest BCUT2D eigenvalue weighted by molar-refractivity contribution is -0.140. The van der Waals surface area contributed by atoms with Gasteiger partial charge >= 0.3 is 0 Å². The van der Waals surface area contributed by atoms with E-state index in [-0.39, 0.29) is 36.7 Å². The molecule has 1 unspecified atom stereocenters. The molecule has 0 radical (unpaired) electrons. The molecule has 5 nitrogen and oxygen atoms in total. The summed E-state index contributed by atoms with van der Waals surface area (Å²) in [4.78, 5) is 25.3. The number of likely N-dealkylation sites (N-methyl/N-ethyl adjacent to an activating group) is 1. The van der Waals surface area contributed by atoms with Crippen LogP contribution in [0.3, 0.4) is 0 Å². The number of carbonyl (C=O) groups excluding carboxylic acids is 2. The fraction of sp³-hybridized carbons (Fsp3) is 0.833. The van der Waals surface area contributed by atoms with Crippen molar-refractivity contribution in [2.24, 2.45) is 11.8 Å². The molecule has 1 aliphatic heterocycles. The predicted octanol–water partition coefficient (Wildman–Crippen LogP) is 0.248. The summed E-state index contributed by atoms with van der Waals surface area (Å²) in [5, 5.41) is 5.73. The van der Waals surface area contributed by atoms with Crippen LogP contribution in [0.15, 0.2) is 0 Å². The van der Waals surface area contributed by atoms with Crippen LogP contribution in [0.25, 0.3) is 0 Å². The van der Waals surface area contributed by atoms with Crippen LogP contribution in [0.2, 0.25) is 0 Å². The maximum atomic E-state index is 12.2. The zero-order chi connectivity index (χ0) is 12.8. The van der Waals surface area contributed by atoms with E-state index in [0.717, 1.165) is 19.5 Å². The maximum Gasteiger partial charge on any atom is 0.239 e. The van der Waals surface area contributed by atoms with Gasteiger partial charge in [0.25, 0.3) is 0 Å². The molecule has 0 bridgehead atoms. The number of hydrogen-bond acceptors (Lipinski definition) is 3. The van der Waals surface area contributed by atoms with Crippen molar-refractivity contribution in [1.82, 2.24) is 15.5 Å². The third kappa shape index (κ3) is 4.46. The van der Waals surface area contributed by atoms with Gasteiger partial charge in [0.05, 0.1) is 6.54 Å². The van der Waals surface area contributed by atoms with Crippen molar-refractivity contribution >= 4 is 24.2 Å². The number of hydrogen-bond donors (Lipinski definition) is 2. The Bertz CT molecular complexity index is 282. The molecule has 1 fully saturated rings. The molecule has 0 aromatic carbocycles. The van der Waals surface area contributed by atoms with E-state index in [0.29, 0.717) is 12.5 Å². The molecular formula is C12H24ClN3O2. The molecule has 0 aliphatic carbocycles. The van der Waals surface area contributed by atoms with Gasteiger partial charge in [-0.25, -0.2) is 0 Å². The molecule has 106 valence electrons.